The molecule has 0 heterocycles. The van der Waals surface area contributed by atoms with Crippen LogP contribution in [0.4, 0.5) is 8.78 Å². The van der Waals surface area contributed by atoms with Crippen molar-refractivity contribution in [3.05, 3.63) is 35.4 Å². The highest BCUT2D eigenvalue weighted by Gasteiger charge is 2.00. The Hall–Kier alpha value is -1.00. The minimum atomic E-state index is -0.905. The van der Waals surface area contributed by atoms with E-state index in [1.807, 2.05) is 5.48 Å². The van der Waals surface area contributed by atoms with Crippen LogP contribution in [0.2, 0.25) is 0 Å². The van der Waals surface area contributed by atoms with Crippen LogP contribution in [0.3, 0.4) is 0 Å². The number of halogens is 2. The molecule has 0 saturated carbocycles. The first-order valence-electron chi connectivity index (χ1n) is 3.05. The van der Waals surface area contributed by atoms with E-state index < -0.39 is 11.6 Å². The van der Waals surface area contributed by atoms with Crippen LogP contribution >= 0.6 is 0 Å². The lowest BCUT2D eigenvalue weighted by Gasteiger charge is -1.98. The van der Waals surface area contributed by atoms with Gasteiger partial charge in [-0.3, -0.25) is 0 Å². The van der Waals surface area contributed by atoms with E-state index in [0.717, 1.165) is 12.1 Å². The Morgan fingerprint density at radius 3 is 2.55 bits per heavy atom. The molecule has 0 atom stereocenters. The van der Waals surface area contributed by atoms with Crippen LogP contribution in [0.5, 0.6) is 0 Å². The third-order valence-electron chi connectivity index (χ3n) is 1.27. The first-order valence-corrected chi connectivity index (χ1v) is 3.05. The number of nitrogens with one attached hydrogen (secondary N) is 1. The van der Waals surface area contributed by atoms with Gasteiger partial charge in [-0.25, -0.2) is 14.3 Å². The van der Waals surface area contributed by atoms with Gasteiger partial charge in [-0.1, -0.05) is 6.07 Å². The maximum Gasteiger partial charge on any atom is 0.159 e. The molecule has 0 aliphatic rings. The van der Waals surface area contributed by atoms with Gasteiger partial charge in [-0.05, 0) is 17.7 Å². The summed E-state index contributed by atoms with van der Waals surface area (Å²) in [6, 6.07) is 3.43. The topological polar surface area (TPSA) is 32.3 Å². The second-order valence-electron chi connectivity index (χ2n) is 2.08. The Morgan fingerprint density at radius 1 is 1.27 bits per heavy atom. The molecule has 0 aliphatic heterocycles. The van der Waals surface area contributed by atoms with Crippen LogP contribution in [0.1, 0.15) is 5.56 Å². The molecule has 0 radical (unpaired) electrons. The number of rotatable bonds is 2. The Labute approximate surface area is 62.4 Å². The largest absolute Gasteiger partial charge is 0.316 e. The Bertz CT molecular complexity index is 252. The second kappa shape index (κ2) is 3.41. The lowest BCUT2D eigenvalue weighted by atomic mass is 10.2. The van der Waals surface area contributed by atoms with E-state index in [4.69, 9.17) is 5.21 Å². The standard InChI is InChI=1S/C7H7F2NO/c8-6-2-1-5(4-10-11)3-7(6)9/h1-3,10-11H,4H2. The Balaban J connectivity index is 2.86. The van der Waals surface area contributed by atoms with Crippen LogP contribution in [0, 0.1) is 11.6 Å². The van der Waals surface area contributed by atoms with Gasteiger partial charge in [0.25, 0.3) is 0 Å². The summed E-state index contributed by atoms with van der Waals surface area (Å²) >= 11 is 0. The Kier molecular flexibility index (Phi) is 2.51. The minimum absolute atomic E-state index is 0.108. The van der Waals surface area contributed by atoms with Crippen molar-refractivity contribution < 1.29 is 14.0 Å². The molecule has 1 aromatic rings. The molecule has 60 valence electrons. The maximum absolute atomic E-state index is 12.4. The molecule has 0 saturated heterocycles. The zero-order chi connectivity index (χ0) is 8.27. The molecule has 0 amide bonds. The summed E-state index contributed by atoms with van der Waals surface area (Å²) in [5, 5.41) is 8.21. The monoisotopic (exact) mass is 159 g/mol. The van der Waals surface area contributed by atoms with Gasteiger partial charge in [0, 0.05) is 6.54 Å². The zero-order valence-electron chi connectivity index (χ0n) is 5.64. The molecule has 2 N–H and O–H groups in total. The predicted octanol–water partition coefficient (Wildman–Crippen LogP) is 1.44. The molecule has 0 aliphatic carbocycles. The van der Waals surface area contributed by atoms with Crippen LogP contribution in [0.25, 0.3) is 0 Å². The van der Waals surface area contributed by atoms with Gasteiger partial charge in [0.1, 0.15) is 0 Å². The van der Waals surface area contributed by atoms with Gasteiger partial charge in [0.2, 0.25) is 0 Å². The van der Waals surface area contributed by atoms with Gasteiger partial charge < -0.3 is 5.21 Å². The molecular weight excluding hydrogens is 152 g/mol. The highest BCUT2D eigenvalue weighted by atomic mass is 19.2. The first-order chi connectivity index (χ1) is 5.24. The van der Waals surface area contributed by atoms with Crippen molar-refractivity contribution in [2.45, 2.75) is 6.54 Å². The number of hydroxylamine groups is 1. The highest BCUT2D eigenvalue weighted by molar-refractivity contribution is 5.17. The van der Waals surface area contributed by atoms with Crippen molar-refractivity contribution in [3.63, 3.8) is 0 Å². The maximum atomic E-state index is 12.4. The van der Waals surface area contributed by atoms with Crippen LogP contribution in [-0.4, -0.2) is 5.21 Å². The summed E-state index contributed by atoms with van der Waals surface area (Å²) in [5.41, 5.74) is 2.33. The molecule has 0 fully saturated rings. The summed E-state index contributed by atoms with van der Waals surface area (Å²) in [6.45, 7) is 0.108. The first kappa shape index (κ1) is 8.10. The number of hydrogen-bond acceptors (Lipinski definition) is 2. The van der Waals surface area contributed by atoms with Crippen LogP contribution in [0.15, 0.2) is 18.2 Å². The van der Waals surface area contributed by atoms with Crippen molar-refractivity contribution in [1.82, 2.24) is 5.48 Å². The van der Waals surface area contributed by atoms with Crippen molar-refractivity contribution in [1.29, 1.82) is 0 Å². The predicted molar refractivity (Wildman–Crippen MR) is 35.0 cm³/mol. The molecule has 1 rings (SSSR count). The summed E-state index contributed by atoms with van der Waals surface area (Å²) in [6.07, 6.45) is 0. The van der Waals surface area contributed by atoms with Crippen LogP contribution < -0.4 is 5.48 Å². The molecule has 2 nitrogen and oxygen atoms in total. The molecule has 1 aromatic carbocycles. The molecule has 0 spiro atoms. The van der Waals surface area contributed by atoms with Crippen molar-refractivity contribution in [2.24, 2.45) is 0 Å². The third-order valence-corrected chi connectivity index (χ3v) is 1.27. The van der Waals surface area contributed by atoms with Gasteiger partial charge in [-0.2, -0.15) is 0 Å². The third kappa shape index (κ3) is 1.96. The van der Waals surface area contributed by atoms with E-state index in [2.05, 4.69) is 0 Å². The summed E-state index contributed by atoms with van der Waals surface area (Å²) < 4.78 is 24.7. The van der Waals surface area contributed by atoms with E-state index in [0.29, 0.717) is 5.56 Å². The van der Waals surface area contributed by atoms with E-state index in [9.17, 15) is 8.78 Å². The average molecular weight is 159 g/mol. The highest BCUT2D eigenvalue weighted by Crippen LogP contribution is 2.07. The lowest BCUT2D eigenvalue weighted by Crippen LogP contribution is -2.06. The minimum Gasteiger partial charge on any atom is -0.316 e. The second-order valence-corrected chi connectivity index (χ2v) is 2.08. The molecule has 4 heteroatoms. The molecular formula is C7H7F2NO. The molecule has 0 bridgehead atoms. The van der Waals surface area contributed by atoms with Crippen molar-refractivity contribution in [2.75, 3.05) is 0 Å². The summed E-state index contributed by atoms with van der Waals surface area (Å²) in [4.78, 5) is 0. The molecule has 11 heavy (non-hydrogen) atoms. The van der Waals surface area contributed by atoms with Gasteiger partial charge in [-0.15, -0.1) is 0 Å². The van der Waals surface area contributed by atoms with E-state index >= 15 is 0 Å². The van der Waals surface area contributed by atoms with Gasteiger partial charge in [0.05, 0.1) is 0 Å². The van der Waals surface area contributed by atoms with E-state index in [1.165, 1.54) is 6.07 Å². The van der Waals surface area contributed by atoms with Gasteiger partial charge >= 0.3 is 0 Å². The van der Waals surface area contributed by atoms with Crippen molar-refractivity contribution >= 4 is 0 Å². The number of hydrogen-bond donors (Lipinski definition) is 2. The van der Waals surface area contributed by atoms with Crippen molar-refractivity contribution in [3.8, 4) is 0 Å². The fourth-order valence-electron chi connectivity index (χ4n) is 0.741. The molecule has 0 aromatic heterocycles. The summed E-state index contributed by atoms with van der Waals surface area (Å²) in [5.74, 6) is -1.79. The zero-order valence-corrected chi connectivity index (χ0v) is 5.64. The Morgan fingerprint density at radius 2 is 2.00 bits per heavy atom. The fraction of sp³-hybridized carbons (Fsp3) is 0.143. The van der Waals surface area contributed by atoms with E-state index in [1.54, 1.807) is 0 Å². The van der Waals surface area contributed by atoms with E-state index in [-0.39, 0.29) is 6.54 Å². The number of benzene rings is 1. The SMILES string of the molecule is ONCc1ccc(F)c(F)c1. The summed E-state index contributed by atoms with van der Waals surface area (Å²) in [7, 11) is 0. The smallest absolute Gasteiger partial charge is 0.159 e. The van der Waals surface area contributed by atoms with Crippen LogP contribution in [-0.2, 0) is 6.54 Å². The molecule has 0 unspecified atom stereocenters. The average Bonchev–Trinajstić information content (AvgIpc) is 1.98. The normalized spacial score (nSPS) is 10.1. The van der Waals surface area contributed by atoms with Gasteiger partial charge in [0.15, 0.2) is 11.6 Å². The fourth-order valence-corrected chi connectivity index (χ4v) is 0.741. The lowest BCUT2D eigenvalue weighted by molar-refractivity contribution is 0.161. The quantitative estimate of drug-likeness (QED) is 0.640.